The summed E-state index contributed by atoms with van der Waals surface area (Å²) in [6.07, 6.45) is 4.27. The predicted octanol–water partition coefficient (Wildman–Crippen LogP) is 3.06. The summed E-state index contributed by atoms with van der Waals surface area (Å²) in [6.45, 7) is -0.534. The molecule has 8 nitrogen and oxygen atoms in total. The van der Waals surface area contributed by atoms with Crippen molar-refractivity contribution in [1.29, 1.82) is 0 Å². The van der Waals surface area contributed by atoms with E-state index in [1.807, 2.05) is 0 Å². The molecule has 4 saturated carbocycles. The van der Waals surface area contributed by atoms with Gasteiger partial charge in [-0.15, -0.1) is 0 Å². The summed E-state index contributed by atoms with van der Waals surface area (Å²) in [5.74, 6) is -0.475. The van der Waals surface area contributed by atoms with Gasteiger partial charge < -0.3 is 15.2 Å². The fourth-order valence-electron chi connectivity index (χ4n) is 5.69. The van der Waals surface area contributed by atoms with Crippen LogP contribution < -0.4 is 5.32 Å². The van der Waals surface area contributed by atoms with Gasteiger partial charge in [-0.1, -0.05) is 11.6 Å². The number of esters is 1. The van der Waals surface area contributed by atoms with E-state index in [-0.39, 0.29) is 16.4 Å². The van der Waals surface area contributed by atoms with Gasteiger partial charge >= 0.3 is 5.97 Å². The van der Waals surface area contributed by atoms with Crippen LogP contribution in [0.15, 0.2) is 18.2 Å². The van der Waals surface area contributed by atoms with Crippen LogP contribution in [-0.4, -0.2) is 34.1 Å². The molecule has 1 aromatic rings. The van der Waals surface area contributed by atoms with Crippen LogP contribution in [0.25, 0.3) is 0 Å². The number of carbonyl (C=O) groups is 2. The van der Waals surface area contributed by atoms with E-state index >= 15 is 0 Å². The first-order valence-electron chi connectivity index (χ1n) is 9.31. The molecule has 0 radical (unpaired) electrons. The molecule has 0 aliphatic heterocycles. The SMILES string of the molecule is O=C(COC(=O)C12C[C@@H]3C[C@@H](CC(O)(C3)C1)C2)Nc1ccc(Cl)cc1[N+](=O)[O-]. The summed E-state index contributed by atoms with van der Waals surface area (Å²) in [4.78, 5) is 35.4. The Labute approximate surface area is 166 Å². The van der Waals surface area contributed by atoms with E-state index in [0.717, 1.165) is 25.3 Å². The van der Waals surface area contributed by atoms with Gasteiger partial charge in [-0.05, 0) is 62.5 Å². The average molecular weight is 409 g/mol. The Balaban J connectivity index is 1.39. The van der Waals surface area contributed by atoms with Crippen molar-refractivity contribution in [2.24, 2.45) is 17.3 Å². The third-order valence-corrected chi connectivity index (χ3v) is 6.46. The molecule has 0 heterocycles. The van der Waals surface area contributed by atoms with Crippen molar-refractivity contribution in [3.8, 4) is 0 Å². The van der Waals surface area contributed by atoms with Gasteiger partial charge in [0, 0.05) is 11.1 Å². The Hall–Kier alpha value is -2.19. The second-order valence-corrected chi connectivity index (χ2v) is 8.95. The van der Waals surface area contributed by atoms with Gasteiger partial charge in [0.25, 0.3) is 11.6 Å². The highest BCUT2D eigenvalue weighted by molar-refractivity contribution is 6.31. The van der Waals surface area contributed by atoms with Crippen molar-refractivity contribution in [2.45, 2.75) is 44.1 Å². The number of benzene rings is 1. The number of aliphatic hydroxyl groups is 1. The van der Waals surface area contributed by atoms with E-state index in [1.165, 1.54) is 12.1 Å². The maximum atomic E-state index is 12.8. The first-order valence-corrected chi connectivity index (χ1v) is 9.69. The second kappa shape index (κ2) is 6.70. The predicted molar refractivity (Wildman–Crippen MR) is 99.8 cm³/mol. The molecule has 4 bridgehead atoms. The van der Waals surface area contributed by atoms with Crippen molar-refractivity contribution < 1.29 is 24.4 Å². The second-order valence-electron chi connectivity index (χ2n) is 8.51. The largest absolute Gasteiger partial charge is 0.455 e. The fraction of sp³-hybridized carbons (Fsp3) is 0.579. The maximum Gasteiger partial charge on any atom is 0.312 e. The number of hydrogen-bond acceptors (Lipinski definition) is 6. The van der Waals surface area contributed by atoms with Gasteiger partial charge in [0.05, 0.1) is 15.9 Å². The number of amides is 1. The lowest BCUT2D eigenvalue weighted by molar-refractivity contribution is -0.383. The molecule has 1 aromatic carbocycles. The minimum absolute atomic E-state index is 0.0143. The normalized spacial score (nSPS) is 32.8. The summed E-state index contributed by atoms with van der Waals surface area (Å²) in [5.41, 5.74) is -1.87. The highest BCUT2D eigenvalue weighted by atomic mass is 35.5. The Morgan fingerprint density at radius 3 is 2.57 bits per heavy atom. The zero-order valence-corrected chi connectivity index (χ0v) is 15.9. The van der Waals surface area contributed by atoms with Gasteiger partial charge in [0.1, 0.15) is 5.69 Å². The lowest BCUT2D eigenvalue weighted by Crippen LogP contribution is -2.58. The molecule has 150 valence electrons. The Bertz CT molecular complexity index is 843. The van der Waals surface area contributed by atoms with Crippen molar-refractivity contribution in [3.63, 3.8) is 0 Å². The summed E-state index contributed by atoms with van der Waals surface area (Å²) >= 11 is 5.75. The number of halogens is 1. The Morgan fingerprint density at radius 1 is 1.29 bits per heavy atom. The van der Waals surface area contributed by atoms with Crippen LogP contribution in [0.1, 0.15) is 38.5 Å². The molecule has 0 spiro atoms. The summed E-state index contributed by atoms with van der Waals surface area (Å²) in [7, 11) is 0. The summed E-state index contributed by atoms with van der Waals surface area (Å²) in [6, 6.07) is 3.89. The molecule has 0 aromatic heterocycles. The number of ether oxygens (including phenoxy) is 1. The first kappa shape index (κ1) is 19.1. The third-order valence-electron chi connectivity index (χ3n) is 6.23. The Morgan fingerprint density at radius 2 is 1.96 bits per heavy atom. The van der Waals surface area contributed by atoms with Crippen LogP contribution in [0, 0.1) is 27.4 Å². The summed E-state index contributed by atoms with van der Waals surface area (Å²) < 4.78 is 5.27. The molecule has 9 heteroatoms. The molecule has 1 amide bonds. The van der Waals surface area contributed by atoms with E-state index in [4.69, 9.17) is 16.3 Å². The van der Waals surface area contributed by atoms with Crippen LogP contribution in [-0.2, 0) is 14.3 Å². The number of nitro benzene ring substituents is 1. The van der Waals surface area contributed by atoms with Gasteiger partial charge in [-0.25, -0.2) is 0 Å². The average Bonchev–Trinajstić information content (AvgIpc) is 2.59. The number of nitrogens with zero attached hydrogens (tertiary/aromatic N) is 1. The van der Waals surface area contributed by atoms with E-state index in [0.29, 0.717) is 31.1 Å². The smallest absolute Gasteiger partial charge is 0.312 e. The molecule has 0 saturated heterocycles. The molecule has 2 N–H and O–H groups in total. The van der Waals surface area contributed by atoms with Crippen LogP contribution in [0.2, 0.25) is 5.02 Å². The number of nitro groups is 1. The third kappa shape index (κ3) is 3.46. The molecule has 4 atom stereocenters. The molecule has 28 heavy (non-hydrogen) atoms. The highest BCUT2D eigenvalue weighted by Gasteiger charge is 2.60. The van der Waals surface area contributed by atoms with E-state index in [2.05, 4.69) is 5.32 Å². The standard InChI is InChI=1S/C19H21ClN2O6/c20-13-1-2-14(15(4-13)22(26)27)21-16(23)9-28-17(24)18-5-11-3-12(6-18)8-19(25,7-11)10-18/h1-2,4,11-12,25H,3,5-10H2,(H,21,23)/t11-,12+,18?,19?. The number of rotatable bonds is 5. The first-order chi connectivity index (χ1) is 13.2. The van der Waals surface area contributed by atoms with Gasteiger partial charge in [0.2, 0.25) is 0 Å². The molecular formula is C19H21ClN2O6. The van der Waals surface area contributed by atoms with Crippen LogP contribution >= 0.6 is 11.6 Å². The van der Waals surface area contributed by atoms with Crippen LogP contribution in [0.5, 0.6) is 0 Å². The van der Waals surface area contributed by atoms with Crippen molar-refractivity contribution in [2.75, 3.05) is 11.9 Å². The molecule has 4 fully saturated rings. The van der Waals surface area contributed by atoms with Gasteiger partial charge in [0.15, 0.2) is 6.61 Å². The molecule has 2 unspecified atom stereocenters. The number of anilines is 1. The zero-order chi connectivity index (χ0) is 20.1. The lowest BCUT2D eigenvalue weighted by atomic mass is 9.48. The van der Waals surface area contributed by atoms with E-state index in [9.17, 15) is 24.8 Å². The van der Waals surface area contributed by atoms with Crippen LogP contribution in [0.4, 0.5) is 11.4 Å². The summed E-state index contributed by atoms with van der Waals surface area (Å²) in [5, 5.41) is 24.4. The topological polar surface area (TPSA) is 119 Å². The molecular weight excluding hydrogens is 388 g/mol. The fourth-order valence-corrected chi connectivity index (χ4v) is 5.85. The monoisotopic (exact) mass is 408 g/mol. The van der Waals surface area contributed by atoms with Crippen molar-refractivity contribution in [3.05, 3.63) is 33.3 Å². The van der Waals surface area contributed by atoms with Gasteiger partial charge in [-0.3, -0.25) is 19.7 Å². The van der Waals surface area contributed by atoms with E-state index < -0.39 is 34.4 Å². The minimum Gasteiger partial charge on any atom is -0.455 e. The van der Waals surface area contributed by atoms with Crippen molar-refractivity contribution in [1.82, 2.24) is 0 Å². The molecule has 4 aliphatic rings. The van der Waals surface area contributed by atoms with Crippen LogP contribution in [0.3, 0.4) is 0 Å². The van der Waals surface area contributed by atoms with Crippen molar-refractivity contribution >= 4 is 34.9 Å². The maximum absolute atomic E-state index is 12.8. The lowest BCUT2D eigenvalue weighted by Gasteiger charge is -2.58. The minimum atomic E-state index is -0.796. The van der Waals surface area contributed by atoms with E-state index in [1.54, 1.807) is 0 Å². The molecule has 4 aliphatic carbocycles. The zero-order valence-electron chi connectivity index (χ0n) is 15.2. The number of carbonyl (C=O) groups excluding carboxylic acids is 2. The van der Waals surface area contributed by atoms with Gasteiger partial charge in [-0.2, -0.15) is 0 Å². The molecule has 5 rings (SSSR count). The number of hydrogen-bond donors (Lipinski definition) is 2. The quantitative estimate of drug-likeness (QED) is 0.439. The Kier molecular flexibility index (Phi) is 4.58. The highest BCUT2D eigenvalue weighted by Crippen LogP contribution is 2.61. The number of nitrogens with one attached hydrogen (secondary N) is 1.